The molecule has 1 N–H and O–H groups in total. The Labute approximate surface area is 181 Å². The summed E-state index contributed by atoms with van der Waals surface area (Å²) in [5.74, 6) is -0.141. The number of rotatable bonds is 6. The van der Waals surface area contributed by atoms with E-state index in [1.54, 1.807) is 31.2 Å². The highest BCUT2D eigenvalue weighted by Crippen LogP contribution is 2.34. The van der Waals surface area contributed by atoms with Gasteiger partial charge in [0.25, 0.3) is 5.91 Å². The molecule has 1 aliphatic heterocycles. The van der Waals surface area contributed by atoms with Crippen molar-refractivity contribution in [2.75, 3.05) is 19.6 Å². The summed E-state index contributed by atoms with van der Waals surface area (Å²) >= 11 is 0. The van der Waals surface area contributed by atoms with E-state index in [1.807, 2.05) is 13.8 Å². The van der Waals surface area contributed by atoms with Gasteiger partial charge in [-0.3, -0.25) is 9.69 Å². The molecule has 2 heterocycles. The lowest BCUT2D eigenvalue weighted by Gasteiger charge is -2.43. The quantitative estimate of drug-likeness (QED) is 0.706. The van der Waals surface area contributed by atoms with Gasteiger partial charge in [0.15, 0.2) is 5.69 Å². The van der Waals surface area contributed by atoms with Crippen molar-refractivity contribution in [3.05, 3.63) is 47.3 Å². The fourth-order valence-electron chi connectivity index (χ4n) is 4.22. The van der Waals surface area contributed by atoms with E-state index in [1.165, 1.54) is 6.42 Å². The predicted octanol–water partition coefficient (Wildman–Crippen LogP) is 4.83. The molecule has 1 aromatic carbocycles. The lowest BCUT2D eigenvalue weighted by molar-refractivity contribution is -0.143. The fourth-order valence-corrected chi connectivity index (χ4v) is 4.22. The Kier molecular flexibility index (Phi) is 6.79. The summed E-state index contributed by atoms with van der Waals surface area (Å²) in [6.07, 6.45) is -0.320. The molecule has 1 amide bonds. The minimum Gasteiger partial charge on any atom is -0.350 e. The summed E-state index contributed by atoms with van der Waals surface area (Å²) < 4.78 is 42.6. The summed E-state index contributed by atoms with van der Waals surface area (Å²) in [6.45, 7) is 10.1. The van der Waals surface area contributed by atoms with Crippen molar-refractivity contribution in [2.24, 2.45) is 5.92 Å². The second kappa shape index (κ2) is 9.02. The number of nitrogens with zero attached hydrogens (tertiary/aromatic N) is 3. The van der Waals surface area contributed by atoms with Crippen LogP contribution in [0.2, 0.25) is 0 Å². The zero-order valence-electron chi connectivity index (χ0n) is 18.6. The van der Waals surface area contributed by atoms with Gasteiger partial charge >= 0.3 is 6.18 Å². The Morgan fingerprint density at radius 1 is 1.26 bits per heavy atom. The molecule has 1 fully saturated rings. The first-order valence-corrected chi connectivity index (χ1v) is 10.8. The van der Waals surface area contributed by atoms with Crippen LogP contribution in [0.5, 0.6) is 0 Å². The highest BCUT2D eigenvalue weighted by Gasteiger charge is 2.41. The second-order valence-corrected chi connectivity index (χ2v) is 8.96. The van der Waals surface area contributed by atoms with E-state index in [0.29, 0.717) is 17.2 Å². The molecule has 0 saturated carbocycles. The third kappa shape index (κ3) is 5.11. The number of halogens is 3. The van der Waals surface area contributed by atoms with Crippen molar-refractivity contribution >= 4 is 5.91 Å². The average molecular weight is 437 g/mol. The molecule has 1 aliphatic rings. The lowest BCUT2D eigenvalue weighted by Crippen LogP contribution is -2.54. The van der Waals surface area contributed by atoms with Gasteiger partial charge in [0.05, 0.1) is 17.4 Å². The molecule has 3 rings (SSSR count). The van der Waals surface area contributed by atoms with Gasteiger partial charge in [-0.25, -0.2) is 4.68 Å². The molecule has 1 aromatic heterocycles. The highest BCUT2D eigenvalue weighted by atomic mass is 19.4. The Hall–Kier alpha value is -2.35. The highest BCUT2D eigenvalue weighted by molar-refractivity contribution is 5.95. The van der Waals surface area contributed by atoms with Gasteiger partial charge in [-0.05, 0) is 57.7 Å². The van der Waals surface area contributed by atoms with Crippen LogP contribution < -0.4 is 5.32 Å². The summed E-state index contributed by atoms with van der Waals surface area (Å²) in [5.41, 5.74) is -0.931. The number of aryl methyl sites for hydroxylation is 1. The SMILES string of the molecule is CCC1CCCN(C(C)(C)CNC(=O)c2cnn(-c3ccccc3C)c2C(F)(F)F)C1. The summed E-state index contributed by atoms with van der Waals surface area (Å²) in [6, 6.07) is 6.66. The van der Waals surface area contributed by atoms with Gasteiger partial charge in [0.1, 0.15) is 0 Å². The lowest BCUT2D eigenvalue weighted by atomic mass is 9.91. The van der Waals surface area contributed by atoms with Crippen molar-refractivity contribution in [1.82, 2.24) is 20.0 Å². The molecule has 170 valence electrons. The fraction of sp³-hybridized carbons (Fsp3) is 0.565. The Morgan fingerprint density at radius 3 is 2.61 bits per heavy atom. The Balaban J connectivity index is 1.81. The number of amides is 1. The van der Waals surface area contributed by atoms with Crippen molar-refractivity contribution in [1.29, 1.82) is 0 Å². The van der Waals surface area contributed by atoms with Crippen LogP contribution in [0.4, 0.5) is 13.2 Å². The molecule has 0 aliphatic carbocycles. The van der Waals surface area contributed by atoms with E-state index in [-0.39, 0.29) is 12.1 Å². The number of carbonyl (C=O) groups excluding carboxylic acids is 1. The van der Waals surface area contributed by atoms with Gasteiger partial charge in [-0.1, -0.05) is 31.5 Å². The molecule has 31 heavy (non-hydrogen) atoms. The van der Waals surface area contributed by atoms with Crippen LogP contribution in [-0.2, 0) is 6.18 Å². The first-order valence-electron chi connectivity index (χ1n) is 10.8. The maximum Gasteiger partial charge on any atom is 0.434 e. The number of alkyl halides is 3. The molecule has 0 bridgehead atoms. The molecule has 0 spiro atoms. The molecule has 1 saturated heterocycles. The Bertz CT molecular complexity index is 920. The normalized spacial score (nSPS) is 18.2. The minimum absolute atomic E-state index is 0.259. The largest absolute Gasteiger partial charge is 0.434 e. The van der Waals surface area contributed by atoms with Crippen LogP contribution >= 0.6 is 0 Å². The van der Waals surface area contributed by atoms with Crippen LogP contribution in [0.1, 0.15) is 61.6 Å². The molecular formula is C23H31F3N4O. The number of piperidine rings is 1. The van der Waals surface area contributed by atoms with Crippen LogP contribution in [0.25, 0.3) is 5.69 Å². The standard InChI is InChI=1S/C23H31F3N4O/c1-5-17-10-8-12-29(14-17)22(3,4)15-27-21(31)18-13-28-30(20(18)23(24,25)26)19-11-7-6-9-16(19)2/h6-7,9,11,13,17H,5,8,10,12,14-15H2,1-4H3,(H,27,31). The van der Waals surface area contributed by atoms with Crippen molar-refractivity contribution in [3.8, 4) is 5.69 Å². The summed E-state index contributed by atoms with van der Waals surface area (Å²) in [7, 11) is 0. The topological polar surface area (TPSA) is 50.2 Å². The number of hydrogen-bond donors (Lipinski definition) is 1. The molecule has 8 heteroatoms. The van der Waals surface area contributed by atoms with Crippen molar-refractivity contribution in [2.45, 2.75) is 58.7 Å². The van der Waals surface area contributed by atoms with Crippen LogP contribution in [0.3, 0.4) is 0 Å². The summed E-state index contributed by atoms with van der Waals surface area (Å²) in [4.78, 5) is 15.1. The average Bonchev–Trinajstić information content (AvgIpc) is 3.18. The smallest absolute Gasteiger partial charge is 0.350 e. The number of benzene rings is 1. The van der Waals surface area contributed by atoms with E-state index >= 15 is 0 Å². The number of aromatic nitrogens is 2. The molecule has 2 aromatic rings. The zero-order chi connectivity index (χ0) is 22.8. The van der Waals surface area contributed by atoms with E-state index in [9.17, 15) is 18.0 Å². The van der Waals surface area contributed by atoms with Gasteiger partial charge in [0, 0.05) is 18.6 Å². The van der Waals surface area contributed by atoms with Crippen molar-refractivity contribution in [3.63, 3.8) is 0 Å². The van der Waals surface area contributed by atoms with E-state index < -0.39 is 23.3 Å². The number of para-hydroxylation sites is 1. The van der Waals surface area contributed by atoms with E-state index in [0.717, 1.165) is 36.8 Å². The number of carbonyl (C=O) groups is 1. The molecule has 5 nitrogen and oxygen atoms in total. The molecule has 1 unspecified atom stereocenters. The summed E-state index contributed by atoms with van der Waals surface area (Å²) in [5, 5.41) is 6.64. The van der Waals surface area contributed by atoms with E-state index in [4.69, 9.17) is 0 Å². The second-order valence-electron chi connectivity index (χ2n) is 8.96. The first-order chi connectivity index (χ1) is 14.5. The monoisotopic (exact) mass is 436 g/mol. The predicted molar refractivity (Wildman–Crippen MR) is 114 cm³/mol. The van der Waals surface area contributed by atoms with Crippen LogP contribution in [0, 0.1) is 12.8 Å². The first kappa shape index (κ1) is 23.3. The Morgan fingerprint density at radius 2 is 1.97 bits per heavy atom. The molecular weight excluding hydrogens is 405 g/mol. The number of likely N-dealkylation sites (tertiary alicyclic amines) is 1. The minimum atomic E-state index is -4.72. The van der Waals surface area contributed by atoms with Gasteiger partial charge in [-0.15, -0.1) is 0 Å². The third-order valence-electron chi connectivity index (χ3n) is 6.26. The third-order valence-corrected chi connectivity index (χ3v) is 6.26. The van der Waals surface area contributed by atoms with Crippen LogP contribution in [-0.4, -0.2) is 45.8 Å². The zero-order valence-corrected chi connectivity index (χ0v) is 18.6. The van der Waals surface area contributed by atoms with Crippen LogP contribution in [0.15, 0.2) is 30.5 Å². The van der Waals surface area contributed by atoms with Gasteiger partial charge in [0.2, 0.25) is 0 Å². The van der Waals surface area contributed by atoms with Crippen molar-refractivity contribution < 1.29 is 18.0 Å². The number of nitrogens with one attached hydrogen (secondary N) is 1. The maximum absolute atomic E-state index is 13.9. The number of hydrogen-bond acceptors (Lipinski definition) is 3. The van der Waals surface area contributed by atoms with Gasteiger partial charge < -0.3 is 5.32 Å². The molecule has 1 atom stereocenters. The van der Waals surface area contributed by atoms with Gasteiger partial charge in [-0.2, -0.15) is 18.3 Å². The maximum atomic E-state index is 13.9. The molecule has 0 radical (unpaired) electrons. The van der Waals surface area contributed by atoms with E-state index in [2.05, 4.69) is 22.2 Å².